The van der Waals surface area contributed by atoms with Crippen molar-refractivity contribution < 1.29 is 9.18 Å². The van der Waals surface area contributed by atoms with E-state index in [0.717, 1.165) is 32.4 Å². The van der Waals surface area contributed by atoms with Crippen LogP contribution in [0.2, 0.25) is 0 Å². The van der Waals surface area contributed by atoms with Crippen LogP contribution in [0, 0.1) is 18.7 Å². The molecular formula is C15H21FN2O. The summed E-state index contributed by atoms with van der Waals surface area (Å²) >= 11 is 0. The van der Waals surface area contributed by atoms with E-state index in [0.29, 0.717) is 23.6 Å². The molecule has 1 amide bonds. The number of carbonyl (C=O) groups excluding carboxylic acids is 1. The molecule has 0 radical (unpaired) electrons. The molecule has 1 fully saturated rings. The van der Waals surface area contributed by atoms with Gasteiger partial charge in [-0.25, -0.2) is 4.39 Å². The molecule has 1 aromatic carbocycles. The van der Waals surface area contributed by atoms with Gasteiger partial charge >= 0.3 is 0 Å². The molecule has 1 saturated heterocycles. The average Bonchev–Trinajstić information content (AvgIpc) is 2.42. The van der Waals surface area contributed by atoms with Crippen molar-refractivity contribution in [3.05, 3.63) is 35.1 Å². The van der Waals surface area contributed by atoms with Gasteiger partial charge in [-0.05, 0) is 56.3 Å². The van der Waals surface area contributed by atoms with Crippen LogP contribution in [0.4, 0.5) is 4.39 Å². The molecule has 0 spiro atoms. The maximum atomic E-state index is 13.5. The lowest BCUT2D eigenvalue weighted by atomic mass is 9.94. The van der Waals surface area contributed by atoms with Crippen molar-refractivity contribution in [3.63, 3.8) is 0 Å². The Hall–Kier alpha value is -1.42. The van der Waals surface area contributed by atoms with Crippen LogP contribution < -0.4 is 5.73 Å². The molecule has 4 heteroatoms. The minimum atomic E-state index is -0.318. The molecule has 0 bridgehead atoms. The first kappa shape index (κ1) is 14.0. The van der Waals surface area contributed by atoms with Crippen LogP contribution in [-0.2, 0) is 0 Å². The summed E-state index contributed by atoms with van der Waals surface area (Å²) in [4.78, 5) is 14.2. The molecule has 2 rings (SSSR count). The quantitative estimate of drug-likeness (QED) is 0.910. The summed E-state index contributed by atoms with van der Waals surface area (Å²) in [5, 5.41) is 0. The van der Waals surface area contributed by atoms with E-state index in [1.54, 1.807) is 19.1 Å². The fraction of sp³-hybridized carbons (Fsp3) is 0.533. The lowest BCUT2D eigenvalue weighted by Crippen LogP contribution is -2.40. The number of halogens is 1. The molecule has 19 heavy (non-hydrogen) atoms. The molecule has 1 aliphatic rings. The number of benzene rings is 1. The van der Waals surface area contributed by atoms with Crippen molar-refractivity contribution in [3.8, 4) is 0 Å². The molecule has 0 aliphatic carbocycles. The normalized spacial score (nSPS) is 19.5. The van der Waals surface area contributed by atoms with E-state index in [1.807, 2.05) is 4.90 Å². The first-order chi connectivity index (χ1) is 9.11. The van der Waals surface area contributed by atoms with Gasteiger partial charge in [0.2, 0.25) is 0 Å². The summed E-state index contributed by atoms with van der Waals surface area (Å²) in [6.07, 6.45) is 3.08. The van der Waals surface area contributed by atoms with Crippen LogP contribution in [0.15, 0.2) is 18.2 Å². The van der Waals surface area contributed by atoms with Crippen LogP contribution in [0.25, 0.3) is 0 Å². The highest BCUT2D eigenvalue weighted by atomic mass is 19.1. The van der Waals surface area contributed by atoms with Crippen molar-refractivity contribution in [1.82, 2.24) is 4.90 Å². The van der Waals surface area contributed by atoms with Gasteiger partial charge in [0.15, 0.2) is 0 Å². The molecule has 3 nitrogen and oxygen atoms in total. The second-order valence-corrected chi connectivity index (χ2v) is 5.30. The van der Waals surface area contributed by atoms with Gasteiger partial charge in [0, 0.05) is 18.7 Å². The SMILES string of the molecule is Cc1ccc(C(=O)N2CCCC(CCN)C2)cc1F. The number of rotatable bonds is 3. The number of nitrogens with two attached hydrogens (primary N) is 1. The Labute approximate surface area is 113 Å². The number of nitrogens with zero attached hydrogens (tertiary/aromatic N) is 1. The molecule has 2 N–H and O–H groups in total. The predicted octanol–water partition coefficient (Wildman–Crippen LogP) is 2.34. The van der Waals surface area contributed by atoms with Crippen LogP contribution >= 0.6 is 0 Å². The Balaban J connectivity index is 2.08. The predicted molar refractivity (Wildman–Crippen MR) is 73.4 cm³/mol. The lowest BCUT2D eigenvalue weighted by Gasteiger charge is -2.32. The molecule has 1 atom stereocenters. The zero-order chi connectivity index (χ0) is 13.8. The van der Waals surface area contributed by atoms with E-state index in [4.69, 9.17) is 5.73 Å². The van der Waals surface area contributed by atoms with Crippen LogP contribution in [0.3, 0.4) is 0 Å². The molecular weight excluding hydrogens is 243 g/mol. The summed E-state index contributed by atoms with van der Waals surface area (Å²) in [6.45, 7) is 3.86. The van der Waals surface area contributed by atoms with E-state index in [1.165, 1.54) is 6.07 Å². The number of carbonyl (C=O) groups is 1. The van der Waals surface area contributed by atoms with Crippen molar-refractivity contribution in [2.75, 3.05) is 19.6 Å². The van der Waals surface area contributed by atoms with Gasteiger partial charge in [-0.3, -0.25) is 4.79 Å². The Morgan fingerprint density at radius 2 is 2.32 bits per heavy atom. The summed E-state index contributed by atoms with van der Waals surface area (Å²) in [5.74, 6) is 0.0972. The fourth-order valence-electron chi connectivity index (χ4n) is 2.63. The average molecular weight is 264 g/mol. The summed E-state index contributed by atoms with van der Waals surface area (Å²) in [6, 6.07) is 4.70. The molecule has 104 valence electrons. The monoisotopic (exact) mass is 264 g/mol. The second kappa shape index (κ2) is 6.15. The Morgan fingerprint density at radius 1 is 1.53 bits per heavy atom. The Kier molecular flexibility index (Phi) is 4.53. The summed E-state index contributed by atoms with van der Waals surface area (Å²) < 4.78 is 13.5. The molecule has 1 heterocycles. The van der Waals surface area contributed by atoms with E-state index >= 15 is 0 Å². The Bertz CT molecular complexity index is 459. The minimum absolute atomic E-state index is 0.0689. The van der Waals surface area contributed by atoms with Crippen LogP contribution in [0.5, 0.6) is 0 Å². The van der Waals surface area contributed by atoms with E-state index in [9.17, 15) is 9.18 Å². The van der Waals surface area contributed by atoms with E-state index < -0.39 is 0 Å². The molecule has 1 aromatic rings. The molecule has 0 saturated carbocycles. The summed E-state index contributed by atoms with van der Waals surface area (Å²) in [7, 11) is 0. The van der Waals surface area contributed by atoms with Crippen LogP contribution in [0.1, 0.15) is 35.2 Å². The van der Waals surface area contributed by atoms with E-state index in [-0.39, 0.29) is 11.7 Å². The van der Waals surface area contributed by atoms with Crippen molar-refractivity contribution in [2.24, 2.45) is 11.7 Å². The number of piperidine rings is 1. The maximum Gasteiger partial charge on any atom is 0.253 e. The van der Waals surface area contributed by atoms with E-state index in [2.05, 4.69) is 0 Å². The third-order valence-electron chi connectivity index (χ3n) is 3.80. The van der Waals surface area contributed by atoms with Crippen molar-refractivity contribution >= 4 is 5.91 Å². The second-order valence-electron chi connectivity index (χ2n) is 5.30. The molecule has 0 aromatic heterocycles. The lowest BCUT2D eigenvalue weighted by molar-refractivity contribution is 0.0669. The highest BCUT2D eigenvalue weighted by molar-refractivity contribution is 5.94. The number of amides is 1. The smallest absolute Gasteiger partial charge is 0.253 e. The molecule has 1 unspecified atom stereocenters. The largest absolute Gasteiger partial charge is 0.338 e. The number of aryl methyl sites for hydroxylation is 1. The van der Waals surface area contributed by atoms with Crippen LogP contribution in [-0.4, -0.2) is 30.4 Å². The van der Waals surface area contributed by atoms with Gasteiger partial charge < -0.3 is 10.6 Å². The topological polar surface area (TPSA) is 46.3 Å². The first-order valence-electron chi connectivity index (χ1n) is 6.87. The number of hydrogen-bond donors (Lipinski definition) is 1. The van der Waals surface area contributed by atoms with Crippen molar-refractivity contribution in [1.29, 1.82) is 0 Å². The van der Waals surface area contributed by atoms with Gasteiger partial charge in [-0.15, -0.1) is 0 Å². The van der Waals surface area contributed by atoms with Gasteiger partial charge in [-0.2, -0.15) is 0 Å². The molecule has 1 aliphatic heterocycles. The first-order valence-corrected chi connectivity index (χ1v) is 6.87. The zero-order valence-corrected chi connectivity index (χ0v) is 11.4. The standard InChI is InChI=1S/C15H21FN2O/c1-11-4-5-13(9-14(11)16)15(19)18-8-2-3-12(10-18)6-7-17/h4-5,9,12H,2-3,6-8,10,17H2,1H3. The van der Waals surface area contributed by atoms with Crippen molar-refractivity contribution in [2.45, 2.75) is 26.2 Å². The third kappa shape index (κ3) is 3.32. The van der Waals surface area contributed by atoms with Gasteiger partial charge in [0.1, 0.15) is 5.82 Å². The summed E-state index contributed by atoms with van der Waals surface area (Å²) in [5.41, 5.74) is 6.58. The zero-order valence-electron chi connectivity index (χ0n) is 11.4. The number of hydrogen-bond acceptors (Lipinski definition) is 2. The fourth-order valence-corrected chi connectivity index (χ4v) is 2.63. The highest BCUT2D eigenvalue weighted by Crippen LogP contribution is 2.21. The Morgan fingerprint density at radius 3 is 3.00 bits per heavy atom. The minimum Gasteiger partial charge on any atom is -0.338 e. The van der Waals surface area contributed by atoms with Gasteiger partial charge in [0.25, 0.3) is 5.91 Å². The van der Waals surface area contributed by atoms with Gasteiger partial charge in [0.05, 0.1) is 0 Å². The third-order valence-corrected chi connectivity index (χ3v) is 3.80. The van der Waals surface area contributed by atoms with Gasteiger partial charge in [-0.1, -0.05) is 6.07 Å². The maximum absolute atomic E-state index is 13.5. The highest BCUT2D eigenvalue weighted by Gasteiger charge is 2.24. The number of likely N-dealkylation sites (tertiary alicyclic amines) is 1.